The van der Waals surface area contributed by atoms with E-state index in [1.54, 1.807) is 38.1 Å². The number of ether oxygens (including phenoxy) is 3. The van der Waals surface area contributed by atoms with E-state index in [1.165, 1.54) is 0 Å². The molecule has 0 bridgehead atoms. The fraction of sp³-hybridized carbons (Fsp3) is 0.458. The minimum absolute atomic E-state index is 0.0195. The van der Waals surface area contributed by atoms with Crippen LogP contribution in [0, 0.1) is 0 Å². The molecule has 1 heterocycles. The molecule has 2 aliphatic carbocycles. The molecule has 0 radical (unpaired) electrons. The number of esters is 2. The fourth-order valence-electron chi connectivity index (χ4n) is 3.78. The molecule has 0 unspecified atom stereocenters. The molecule has 10 nitrogen and oxygen atoms in total. The molecule has 1 amide bonds. The van der Waals surface area contributed by atoms with Crippen LogP contribution in [0.25, 0.3) is 11.1 Å². The van der Waals surface area contributed by atoms with Crippen molar-refractivity contribution < 1.29 is 33.4 Å². The molecule has 1 saturated heterocycles. The predicted molar refractivity (Wildman–Crippen MR) is 124 cm³/mol. The maximum absolute atomic E-state index is 12.6. The summed E-state index contributed by atoms with van der Waals surface area (Å²) in [4.78, 5) is 44.9. The van der Waals surface area contributed by atoms with Crippen molar-refractivity contribution in [2.45, 2.75) is 20.3 Å². The summed E-state index contributed by atoms with van der Waals surface area (Å²) in [6, 6.07) is 6.71. The van der Waals surface area contributed by atoms with E-state index in [2.05, 4.69) is 10.4 Å². The van der Waals surface area contributed by atoms with Gasteiger partial charge in [0.15, 0.2) is 0 Å². The Kier molecular flexibility index (Phi) is 9.20. The first-order valence-electron chi connectivity index (χ1n) is 11.3. The van der Waals surface area contributed by atoms with E-state index in [-0.39, 0.29) is 42.4 Å². The summed E-state index contributed by atoms with van der Waals surface area (Å²) in [5.74, 6) is -1.57. The number of hydroxylamine groups is 1. The van der Waals surface area contributed by atoms with Gasteiger partial charge in [-0.25, -0.2) is 15.1 Å². The number of morpholine rings is 1. The van der Waals surface area contributed by atoms with Crippen molar-refractivity contribution in [3.05, 3.63) is 41.0 Å². The normalized spacial score (nSPS) is 14.1. The Morgan fingerprint density at radius 1 is 0.971 bits per heavy atom. The molecule has 0 saturated carbocycles. The monoisotopic (exact) mass is 473 g/mol. The molecule has 0 atom stereocenters. The van der Waals surface area contributed by atoms with Gasteiger partial charge in [0.1, 0.15) is 0 Å². The Bertz CT molecular complexity index is 933. The van der Waals surface area contributed by atoms with Crippen LogP contribution in [0.2, 0.25) is 0 Å². The van der Waals surface area contributed by atoms with Gasteiger partial charge >= 0.3 is 11.9 Å². The van der Waals surface area contributed by atoms with Gasteiger partial charge in [-0.1, -0.05) is 24.3 Å². The van der Waals surface area contributed by atoms with E-state index in [9.17, 15) is 14.4 Å². The number of nitrogens with one attached hydrogen (secondary N) is 1. The molecular formula is C24H31N3O7. The van der Waals surface area contributed by atoms with Gasteiger partial charge in [-0.2, -0.15) is 0 Å². The number of fused-ring (bicyclic) bond motifs is 1. The van der Waals surface area contributed by atoms with E-state index in [1.807, 2.05) is 0 Å². The Hall–Kier alpha value is -3.21. The molecule has 0 aromatic rings. The number of hydrogen-bond donors (Lipinski definition) is 2. The van der Waals surface area contributed by atoms with Crippen LogP contribution in [0.1, 0.15) is 40.1 Å². The summed E-state index contributed by atoms with van der Waals surface area (Å²) in [7, 11) is 0. The van der Waals surface area contributed by atoms with Gasteiger partial charge in [0.2, 0.25) is 5.91 Å². The van der Waals surface area contributed by atoms with Crippen LogP contribution in [-0.2, 0) is 30.3 Å². The lowest BCUT2D eigenvalue weighted by molar-refractivity contribution is -0.133. The molecule has 184 valence electrons. The molecule has 0 spiro atoms. The number of nitrogen functional groups attached to an aromatic ring is 1. The molecule has 1 aliphatic heterocycles. The number of carbonyl (C=O) groups is 3. The Balaban J connectivity index is 1.73. The van der Waals surface area contributed by atoms with Crippen LogP contribution in [0.4, 0.5) is 5.69 Å². The van der Waals surface area contributed by atoms with Crippen LogP contribution in [0.15, 0.2) is 24.3 Å². The number of rotatable bonds is 10. The third-order valence-electron chi connectivity index (χ3n) is 5.42. The average Bonchev–Trinajstić information content (AvgIpc) is 2.96. The number of nitrogens with two attached hydrogens (primary N) is 1. The molecule has 3 aliphatic rings. The Morgan fingerprint density at radius 3 is 2.06 bits per heavy atom. The maximum Gasteiger partial charge on any atom is 0.340 e. The van der Waals surface area contributed by atoms with Crippen molar-refractivity contribution >= 4 is 23.5 Å². The van der Waals surface area contributed by atoms with Crippen molar-refractivity contribution in [1.29, 1.82) is 0 Å². The zero-order chi connectivity index (χ0) is 24.5. The number of carbonyl (C=O) groups excluding carboxylic acids is 3. The minimum atomic E-state index is -0.625. The first-order chi connectivity index (χ1) is 16.5. The van der Waals surface area contributed by atoms with Crippen molar-refractivity contribution in [1.82, 2.24) is 10.4 Å². The fourth-order valence-corrected chi connectivity index (χ4v) is 3.78. The zero-order valence-corrected chi connectivity index (χ0v) is 19.6. The highest BCUT2D eigenvalue weighted by Gasteiger charge is 2.30. The van der Waals surface area contributed by atoms with E-state index in [0.29, 0.717) is 43.1 Å². The van der Waals surface area contributed by atoms with Gasteiger partial charge in [0, 0.05) is 19.6 Å². The Labute approximate surface area is 198 Å². The summed E-state index contributed by atoms with van der Waals surface area (Å²) in [6.45, 7) is 7.87. The van der Waals surface area contributed by atoms with Crippen LogP contribution >= 0.6 is 0 Å². The minimum Gasteiger partial charge on any atom is -0.462 e. The smallest absolute Gasteiger partial charge is 0.340 e. The second-order valence-corrected chi connectivity index (χ2v) is 7.68. The lowest BCUT2D eigenvalue weighted by Gasteiger charge is -2.26. The summed E-state index contributed by atoms with van der Waals surface area (Å²) < 4.78 is 15.6. The summed E-state index contributed by atoms with van der Waals surface area (Å²) in [5, 5.41) is 0. The van der Waals surface area contributed by atoms with Crippen LogP contribution in [0.5, 0.6) is 0 Å². The van der Waals surface area contributed by atoms with Crippen molar-refractivity contribution in [2.24, 2.45) is 0 Å². The topological polar surface area (TPSA) is 129 Å². The maximum atomic E-state index is 12.6. The molecule has 10 heteroatoms. The second kappa shape index (κ2) is 12.3. The molecule has 3 rings (SSSR count). The molecule has 3 N–H and O–H groups in total. The third-order valence-corrected chi connectivity index (χ3v) is 5.42. The van der Waals surface area contributed by atoms with Crippen molar-refractivity contribution in [3.63, 3.8) is 0 Å². The van der Waals surface area contributed by atoms with Crippen molar-refractivity contribution in [3.8, 4) is 11.1 Å². The van der Waals surface area contributed by atoms with Gasteiger partial charge in [0.05, 0.1) is 56.3 Å². The van der Waals surface area contributed by atoms with Gasteiger partial charge in [-0.05, 0) is 30.5 Å². The lowest BCUT2D eigenvalue weighted by atomic mass is 10.1. The van der Waals surface area contributed by atoms with Crippen molar-refractivity contribution in [2.75, 3.05) is 58.4 Å². The molecule has 1 fully saturated rings. The molecular weight excluding hydrogens is 442 g/mol. The van der Waals surface area contributed by atoms with E-state index >= 15 is 0 Å². The largest absolute Gasteiger partial charge is 0.462 e. The van der Waals surface area contributed by atoms with Gasteiger partial charge in [-0.15, -0.1) is 0 Å². The Morgan fingerprint density at radius 2 is 1.53 bits per heavy atom. The molecule has 0 aromatic heterocycles. The first kappa shape index (κ1) is 25.4. The van der Waals surface area contributed by atoms with Gasteiger partial charge in [0.25, 0.3) is 0 Å². The predicted octanol–water partition coefficient (Wildman–Crippen LogP) is 1.65. The third kappa shape index (κ3) is 6.22. The van der Waals surface area contributed by atoms with E-state index in [4.69, 9.17) is 24.8 Å². The zero-order valence-electron chi connectivity index (χ0n) is 19.6. The summed E-state index contributed by atoms with van der Waals surface area (Å²) in [5.41, 5.74) is 10.4. The standard InChI is InChI=1S/C24H31N3O7/c1-3-32-23(29)20-17-7-5-16(6-8-18(17)21(22(20)25)24(30)33-4-2)15-19(28)26-34-14-11-27-9-12-31-13-10-27/h5-8H,3-4,9-15,25H2,1-2H3,(H,26,28). The SMILES string of the molecule is CCOC(=O)c1c2ccc(CC(=O)NOCCN3CCOCC3)ccc-2c(C(=O)OCC)c1N. The summed E-state index contributed by atoms with van der Waals surface area (Å²) >= 11 is 0. The lowest BCUT2D eigenvalue weighted by Crippen LogP contribution is -2.39. The molecule has 34 heavy (non-hydrogen) atoms. The quantitative estimate of drug-likeness (QED) is 0.300. The average molecular weight is 474 g/mol. The number of anilines is 1. The van der Waals surface area contributed by atoms with E-state index < -0.39 is 11.9 Å². The highest BCUT2D eigenvalue weighted by Crippen LogP contribution is 2.39. The van der Waals surface area contributed by atoms with E-state index in [0.717, 1.165) is 13.1 Å². The van der Waals surface area contributed by atoms with Gasteiger partial charge in [-0.3, -0.25) is 14.5 Å². The highest BCUT2D eigenvalue weighted by molar-refractivity contribution is 6.15. The summed E-state index contributed by atoms with van der Waals surface area (Å²) in [6.07, 6.45) is 0.0494. The van der Waals surface area contributed by atoms with Crippen LogP contribution in [-0.4, -0.2) is 75.4 Å². The number of nitrogens with zero attached hydrogens (tertiary/aromatic N) is 1. The van der Waals surface area contributed by atoms with Gasteiger partial charge < -0.3 is 19.9 Å². The first-order valence-corrected chi connectivity index (χ1v) is 11.3. The van der Waals surface area contributed by atoms with Crippen LogP contribution < -0.4 is 11.2 Å². The molecule has 0 aromatic carbocycles. The number of hydrogen-bond acceptors (Lipinski definition) is 9. The second-order valence-electron chi connectivity index (χ2n) is 7.68. The van der Waals surface area contributed by atoms with Crippen LogP contribution in [0.3, 0.4) is 0 Å². The highest BCUT2D eigenvalue weighted by atomic mass is 16.7. The number of amides is 1.